The van der Waals surface area contributed by atoms with E-state index in [9.17, 15) is 14.9 Å². The maximum absolute atomic E-state index is 11.9. The van der Waals surface area contributed by atoms with E-state index in [1.165, 1.54) is 18.3 Å². The Balaban J connectivity index is 1.56. The molecule has 2 aromatic carbocycles. The van der Waals surface area contributed by atoms with Crippen LogP contribution in [0, 0.1) is 24.0 Å². The fourth-order valence-electron chi connectivity index (χ4n) is 2.56. The van der Waals surface area contributed by atoms with Gasteiger partial charge in [0.15, 0.2) is 6.61 Å². The van der Waals surface area contributed by atoms with E-state index in [1.807, 2.05) is 32.0 Å². The number of non-ortho nitro benzene ring substituents is 1. The first-order chi connectivity index (χ1) is 13.9. The van der Waals surface area contributed by atoms with E-state index < -0.39 is 10.8 Å². The average Bonchev–Trinajstić information content (AvgIpc) is 3.18. The molecule has 148 valence electrons. The van der Waals surface area contributed by atoms with Gasteiger partial charge >= 0.3 is 0 Å². The smallest absolute Gasteiger partial charge is 0.277 e. The van der Waals surface area contributed by atoms with Crippen LogP contribution in [0.2, 0.25) is 0 Å². The monoisotopic (exact) mass is 393 g/mol. The number of nitrogens with one attached hydrogen (secondary N) is 1. The Kier molecular flexibility index (Phi) is 6.03. The molecule has 1 aromatic heterocycles. The molecular formula is C21H19N3O5. The zero-order chi connectivity index (χ0) is 20.8. The van der Waals surface area contributed by atoms with Crippen molar-refractivity contribution in [2.45, 2.75) is 13.8 Å². The highest BCUT2D eigenvalue weighted by Crippen LogP contribution is 2.25. The summed E-state index contributed by atoms with van der Waals surface area (Å²) in [5, 5.41) is 14.7. The number of hydrazone groups is 1. The maximum atomic E-state index is 11.9. The topological polar surface area (TPSA) is 107 Å². The Morgan fingerprint density at radius 1 is 1.21 bits per heavy atom. The van der Waals surface area contributed by atoms with Gasteiger partial charge in [-0.2, -0.15) is 5.10 Å². The predicted molar refractivity (Wildman–Crippen MR) is 108 cm³/mol. The molecule has 0 fully saturated rings. The number of nitrogens with zero attached hydrogens (tertiary/aromatic N) is 2. The van der Waals surface area contributed by atoms with Gasteiger partial charge in [0.2, 0.25) is 0 Å². The summed E-state index contributed by atoms with van der Waals surface area (Å²) in [5.41, 5.74) is 4.90. The number of benzene rings is 2. The van der Waals surface area contributed by atoms with Crippen molar-refractivity contribution in [2.24, 2.45) is 5.10 Å². The van der Waals surface area contributed by atoms with Crippen LogP contribution in [0.25, 0.3) is 11.3 Å². The molecule has 0 atom stereocenters. The highest BCUT2D eigenvalue weighted by molar-refractivity contribution is 5.81. The summed E-state index contributed by atoms with van der Waals surface area (Å²) in [4.78, 5) is 22.3. The van der Waals surface area contributed by atoms with E-state index in [0.29, 0.717) is 22.8 Å². The zero-order valence-electron chi connectivity index (χ0n) is 15.9. The van der Waals surface area contributed by atoms with Crippen LogP contribution in [0.3, 0.4) is 0 Å². The molecule has 0 bridgehead atoms. The van der Waals surface area contributed by atoms with Crippen LogP contribution < -0.4 is 10.2 Å². The normalized spacial score (nSPS) is 10.8. The van der Waals surface area contributed by atoms with Crippen molar-refractivity contribution < 1.29 is 18.9 Å². The number of nitro benzene ring substituents is 1. The van der Waals surface area contributed by atoms with Crippen molar-refractivity contribution in [3.05, 3.63) is 81.6 Å². The van der Waals surface area contributed by atoms with Gasteiger partial charge in [0.05, 0.1) is 11.1 Å². The third kappa shape index (κ3) is 5.29. The third-order valence-corrected chi connectivity index (χ3v) is 4.05. The summed E-state index contributed by atoms with van der Waals surface area (Å²) in [6.45, 7) is 3.68. The molecule has 1 heterocycles. The van der Waals surface area contributed by atoms with Gasteiger partial charge in [-0.05, 0) is 43.2 Å². The number of rotatable bonds is 7. The summed E-state index contributed by atoms with van der Waals surface area (Å²) >= 11 is 0. The molecule has 8 heteroatoms. The number of aryl methyl sites for hydroxylation is 2. The lowest BCUT2D eigenvalue weighted by Gasteiger charge is -2.08. The Hall–Kier alpha value is -3.94. The minimum Gasteiger partial charge on any atom is -0.483 e. The number of hydrogen-bond acceptors (Lipinski definition) is 6. The summed E-state index contributed by atoms with van der Waals surface area (Å²) in [6.07, 6.45) is 1.34. The highest BCUT2D eigenvalue weighted by atomic mass is 16.6. The Morgan fingerprint density at radius 3 is 2.83 bits per heavy atom. The molecule has 1 N–H and O–H groups in total. The fraction of sp³-hybridized carbons (Fsp3) is 0.143. The first-order valence-corrected chi connectivity index (χ1v) is 8.79. The molecule has 0 aliphatic heterocycles. The summed E-state index contributed by atoms with van der Waals surface area (Å²) in [7, 11) is 0. The van der Waals surface area contributed by atoms with Crippen molar-refractivity contribution in [1.29, 1.82) is 0 Å². The Bertz CT molecular complexity index is 1070. The molecule has 0 radical (unpaired) electrons. The number of hydrogen-bond donors (Lipinski definition) is 1. The van der Waals surface area contributed by atoms with Gasteiger partial charge in [-0.3, -0.25) is 14.9 Å². The van der Waals surface area contributed by atoms with Crippen molar-refractivity contribution in [1.82, 2.24) is 5.43 Å². The lowest BCUT2D eigenvalue weighted by Crippen LogP contribution is -2.24. The van der Waals surface area contributed by atoms with Gasteiger partial charge in [0.1, 0.15) is 17.3 Å². The largest absolute Gasteiger partial charge is 0.483 e. The van der Waals surface area contributed by atoms with Crippen LogP contribution in [-0.2, 0) is 4.79 Å². The lowest BCUT2D eigenvalue weighted by molar-refractivity contribution is -0.384. The Labute approximate surface area is 167 Å². The average molecular weight is 393 g/mol. The molecule has 1 amide bonds. The molecule has 0 saturated carbocycles. The first kappa shape index (κ1) is 19.8. The van der Waals surface area contributed by atoms with Crippen LogP contribution >= 0.6 is 0 Å². The van der Waals surface area contributed by atoms with E-state index in [0.717, 1.165) is 11.1 Å². The number of ether oxygens (including phenoxy) is 1. The van der Waals surface area contributed by atoms with Crippen molar-refractivity contribution in [3.63, 3.8) is 0 Å². The van der Waals surface area contributed by atoms with Gasteiger partial charge in [-0.15, -0.1) is 0 Å². The standard InChI is InChI=1S/C21H19N3O5/c1-14-6-7-15(2)20(10-14)28-13-21(25)23-22-12-18-8-9-19(29-18)16-4-3-5-17(11-16)24(26)27/h3-12H,13H2,1-2H3,(H,23,25). The summed E-state index contributed by atoms with van der Waals surface area (Å²) in [5.74, 6) is 1.09. The van der Waals surface area contributed by atoms with E-state index in [1.54, 1.807) is 24.3 Å². The molecular weight excluding hydrogens is 374 g/mol. The number of furan rings is 1. The Morgan fingerprint density at radius 2 is 2.03 bits per heavy atom. The third-order valence-electron chi connectivity index (χ3n) is 4.05. The van der Waals surface area contributed by atoms with E-state index >= 15 is 0 Å². The van der Waals surface area contributed by atoms with Gasteiger partial charge in [-0.25, -0.2) is 5.43 Å². The quantitative estimate of drug-likeness (QED) is 0.371. The van der Waals surface area contributed by atoms with Crippen LogP contribution in [0.1, 0.15) is 16.9 Å². The van der Waals surface area contributed by atoms with Gasteiger partial charge in [0.25, 0.3) is 11.6 Å². The second-order valence-corrected chi connectivity index (χ2v) is 6.36. The van der Waals surface area contributed by atoms with Crippen molar-refractivity contribution >= 4 is 17.8 Å². The van der Waals surface area contributed by atoms with Crippen molar-refractivity contribution in [3.8, 4) is 17.1 Å². The molecule has 0 unspecified atom stereocenters. The number of amides is 1. The fourth-order valence-corrected chi connectivity index (χ4v) is 2.56. The first-order valence-electron chi connectivity index (χ1n) is 8.79. The minimum atomic E-state index is -0.468. The number of carbonyl (C=O) groups is 1. The molecule has 0 saturated heterocycles. The van der Waals surface area contributed by atoms with Crippen LogP contribution in [-0.4, -0.2) is 23.7 Å². The number of carbonyl (C=O) groups excluding carboxylic acids is 1. The van der Waals surface area contributed by atoms with Gasteiger partial charge in [0, 0.05) is 17.7 Å². The van der Waals surface area contributed by atoms with Crippen LogP contribution in [0.15, 0.2) is 64.1 Å². The second-order valence-electron chi connectivity index (χ2n) is 6.36. The summed E-state index contributed by atoms with van der Waals surface area (Å²) < 4.78 is 11.1. The highest BCUT2D eigenvalue weighted by Gasteiger charge is 2.10. The van der Waals surface area contributed by atoms with Crippen molar-refractivity contribution in [2.75, 3.05) is 6.61 Å². The SMILES string of the molecule is Cc1ccc(C)c(OCC(=O)NN=Cc2ccc(-c3cccc([N+](=O)[O-])c3)o2)c1. The molecule has 0 spiro atoms. The molecule has 0 aliphatic rings. The predicted octanol–water partition coefficient (Wildman–Crippen LogP) is 4.00. The lowest BCUT2D eigenvalue weighted by atomic mass is 10.1. The zero-order valence-corrected chi connectivity index (χ0v) is 15.9. The number of nitro groups is 1. The minimum absolute atomic E-state index is 0.0229. The molecule has 3 rings (SSSR count). The second kappa shape index (κ2) is 8.83. The maximum Gasteiger partial charge on any atom is 0.277 e. The van der Waals surface area contributed by atoms with E-state index in [-0.39, 0.29) is 12.3 Å². The van der Waals surface area contributed by atoms with Gasteiger partial charge < -0.3 is 9.15 Å². The molecule has 29 heavy (non-hydrogen) atoms. The van der Waals surface area contributed by atoms with E-state index in [2.05, 4.69) is 10.5 Å². The summed E-state index contributed by atoms with van der Waals surface area (Å²) in [6, 6.07) is 15.2. The van der Waals surface area contributed by atoms with Gasteiger partial charge in [-0.1, -0.05) is 24.3 Å². The van der Waals surface area contributed by atoms with E-state index in [4.69, 9.17) is 9.15 Å². The van der Waals surface area contributed by atoms with Crippen LogP contribution in [0.4, 0.5) is 5.69 Å². The molecule has 3 aromatic rings. The molecule has 8 nitrogen and oxygen atoms in total. The molecule has 0 aliphatic carbocycles. The van der Waals surface area contributed by atoms with Crippen LogP contribution in [0.5, 0.6) is 5.75 Å².